The third-order valence-corrected chi connectivity index (χ3v) is 9.79. The van der Waals surface area contributed by atoms with Crippen molar-refractivity contribution in [1.29, 1.82) is 0 Å². The number of carboxylic acid groups (broad SMARTS) is 1. The lowest BCUT2D eigenvalue weighted by molar-refractivity contribution is -0.139. The maximum atomic E-state index is 14.1. The monoisotopic (exact) mass is 525 g/mol. The van der Waals surface area contributed by atoms with E-state index in [0.29, 0.717) is 40.4 Å². The first-order valence-electron chi connectivity index (χ1n) is 10.9. The highest BCUT2D eigenvalue weighted by atomic mass is 35.5. The Morgan fingerprint density at radius 1 is 1.03 bits per heavy atom. The molecule has 0 saturated heterocycles. The van der Waals surface area contributed by atoms with Crippen LogP contribution in [-0.4, -0.2) is 31.1 Å². The molecule has 3 aromatic carbocycles. The normalized spacial score (nSPS) is 13.5. The number of ether oxygens (including phenoxy) is 1. The minimum absolute atomic E-state index is 0.0287. The molecule has 0 spiro atoms. The van der Waals surface area contributed by atoms with E-state index in [1.54, 1.807) is 60.7 Å². The zero-order valence-electron chi connectivity index (χ0n) is 18.3. The highest BCUT2D eigenvalue weighted by Crippen LogP contribution is 2.44. The van der Waals surface area contributed by atoms with Gasteiger partial charge in [0.15, 0.2) is 6.61 Å². The third-order valence-electron chi connectivity index (χ3n) is 5.86. The Morgan fingerprint density at radius 3 is 2.51 bits per heavy atom. The van der Waals surface area contributed by atoms with Crippen molar-refractivity contribution in [3.05, 3.63) is 99.4 Å². The number of hydrogen-bond acceptors (Lipinski definition) is 6. The molecule has 1 heterocycles. The van der Waals surface area contributed by atoms with Gasteiger partial charge in [0.25, 0.3) is 0 Å². The van der Waals surface area contributed by atoms with Crippen molar-refractivity contribution in [3.63, 3.8) is 0 Å². The summed E-state index contributed by atoms with van der Waals surface area (Å²) < 4.78 is 33.6. The Balaban J connectivity index is 1.61. The second kappa shape index (κ2) is 9.45. The van der Waals surface area contributed by atoms with Gasteiger partial charge in [-0.05, 0) is 36.1 Å². The first kappa shape index (κ1) is 23.5. The number of benzene rings is 3. The van der Waals surface area contributed by atoms with Crippen LogP contribution >= 0.6 is 22.9 Å². The third kappa shape index (κ3) is 4.45. The highest BCUT2D eigenvalue weighted by molar-refractivity contribution is 7.93. The molecule has 35 heavy (non-hydrogen) atoms. The van der Waals surface area contributed by atoms with Crippen LogP contribution in [0.3, 0.4) is 0 Å². The molecule has 6 nitrogen and oxygen atoms in total. The molecule has 4 aromatic rings. The van der Waals surface area contributed by atoms with E-state index in [0.717, 1.165) is 16.0 Å². The summed E-state index contributed by atoms with van der Waals surface area (Å²) in [4.78, 5) is 16.5. The summed E-state index contributed by atoms with van der Waals surface area (Å²) in [6, 6.07) is 21.3. The molecule has 1 unspecified atom stereocenters. The second-order valence-corrected chi connectivity index (χ2v) is 11.8. The van der Waals surface area contributed by atoms with Crippen LogP contribution in [0.2, 0.25) is 5.02 Å². The Kier molecular flexibility index (Phi) is 6.35. The number of halogens is 1. The van der Waals surface area contributed by atoms with Crippen LogP contribution in [0.1, 0.15) is 26.8 Å². The summed E-state index contributed by atoms with van der Waals surface area (Å²) in [5.41, 5.74) is 3.31. The van der Waals surface area contributed by atoms with Crippen molar-refractivity contribution >= 4 is 38.7 Å². The van der Waals surface area contributed by atoms with Gasteiger partial charge in [-0.25, -0.2) is 18.2 Å². The second-order valence-electron chi connectivity index (χ2n) is 8.07. The van der Waals surface area contributed by atoms with Crippen molar-refractivity contribution in [2.24, 2.45) is 0 Å². The van der Waals surface area contributed by atoms with Gasteiger partial charge >= 0.3 is 5.97 Å². The number of fused-ring (bicyclic) bond motifs is 3. The minimum atomic E-state index is -3.94. The van der Waals surface area contributed by atoms with Gasteiger partial charge in [-0.2, -0.15) is 0 Å². The van der Waals surface area contributed by atoms with Gasteiger partial charge in [0.1, 0.15) is 11.0 Å². The van der Waals surface area contributed by atoms with E-state index in [2.05, 4.69) is 4.98 Å². The predicted octanol–water partition coefficient (Wildman–Crippen LogP) is 5.59. The van der Waals surface area contributed by atoms with Gasteiger partial charge in [0, 0.05) is 21.0 Å². The fourth-order valence-electron chi connectivity index (χ4n) is 4.33. The smallest absolute Gasteiger partial charge is 0.341 e. The van der Waals surface area contributed by atoms with Gasteiger partial charge in [0.05, 0.1) is 5.69 Å². The van der Waals surface area contributed by atoms with E-state index in [4.69, 9.17) is 21.4 Å². The molecule has 0 fully saturated rings. The van der Waals surface area contributed by atoms with Crippen molar-refractivity contribution in [2.45, 2.75) is 22.4 Å². The maximum Gasteiger partial charge on any atom is 0.341 e. The number of aryl methyl sites for hydroxylation is 1. The lowest BCUT2D eigenvalue weighted by Crippen LogP contribution is -2.15. The standard InChI is InChI=1S/C26H20ClNO5S2/c27-20-11-5-4-9-19(20)25(16-7-2-1-3-8-16)35(31,32)26-28-24-18-10-6-12-21(33-15-23(29)30)17(18)13-14-22(24)34-26/h1-12,25H,13-15H2,(H,29,30). The van der Waals surface area contributed by atoms with Crippen LogP contribution in [-0.2, 0) is 27.5 Å². The number of carboxylic acids is 1. The predicted molar refractivity (Wildman–Crippen MR) is 135 cm³/mol. The fraction of sp³-hybridized carbons (Fsp3) is 0.154. The maximum absolute atomic E-state index is 14.1. The molecule has 1 aliphatic carbocycles. The van der Waals surface area contributed by atoms with Crippen LogP contribution in [0.5, 0.6) is 5.75 Å². The number of sulfone groups is 1. The highest BCUT2D eigenvalue weighted by Gasteiger charge is 2.36. The van der Waals surface area contributed by atoms with E-state index in [-0.39, 0.29) is 4.34 Å². The Morgan fingerprint density at radius 2 is 1.77 bits per heavy atom. The molecule has 1 aliphatic rings. The molecule has 1 atom stereocenters. The topological polar surface area (TPSA) is 93.6 Å². The average Bonchev–Trinajstić information content (AvgIpc) is 3.31. The summed E-state index contributed by atoms with van der Waals surface area (Å²) in [6.45, 7) is -0.448. The summed E-state index contributed by atoms with van der Waals surface area (Å²) >= 11 is 7.64. The number of nitrogens with zero attached hydrogens (tertiary/aromatic N) is 1. The number of thiazole rings is 1. The van der Waals surface area contributed by atoms with E-state index in [1.165, 1.54) is 11.3 Å². The van der Waals surface area contributed by atoms with Crippen molar-refractivity contribution in [1.82, 2.24) is 4.98 Å². The summed E-state index contributed by atoms with van der Waals surface area (Å²) in [5, 5.41) is 8.34. The van der Waals surface area contributed by atoms with Crippen LogP contribution < -0.4 is 4.74 Å². The lowest BCUT2D eigenvalue weighted by Gasteiger charge is -2.18. The van der Waals surface area contributed by atoms with E-state index < -0.39 is 27.7 Å². The van der Waals surface area contributed by atoms with Crippen molar-refractivity contribution < 1.29 is 23.1 Å². The molecular formula is C26H20ClNO5S2. The SMILES string of the molecule is O=C(O)COc1cccc2c1CCc1sc(S(=O)(=O)C(c3ccccc3)c3ccccc3Cl)nc1-2. The van der Waals surface area contributed by atoms with Gasteiger partial charge in [-0.3, -0.25) is 0 Å². The average molecular weight is 526 g/mol. The number of hydrogen-bond donors (Lipinski definition) is 1. The van der Waals surface area contributed by atoms with Crippen molar-refractivity contribution in [3.8, 4) is 17.0 Å². The molecule has 9 heteroatoms. The molecule has 5 rings (SSSR count). The zero-order valence-corrected chi connectivity index (χ0v) is 20.7. The van der Waals surface area contributed by atoms with Gasteiger partial charge in [0.2, 0.25) is 14.2 Å². The number of rotatable bonds is 7. The lowest BCUT2D eigenvalue weighted by atomic mass is 9.93. The fourth-order valence-corrected chi connectivity index (χ4v) is 7.98. The largest absolute Gasteiger partial charge is 0.482 e. The Labute approximate surface area is 211 Å². The van der Waals surface area contributed by atoms with E-state index in [1.807, 2.05) is 12.1 Å². The molecule has 0 saturated carbocycles. The quantitative estimate of drug-likeness (QED) is 0.338. The summed E-state index contributed by atoms with van der Waals surface area (Å²) in [7, 11) is -3.94. The zero-order chi connectivity index (χ0) is 24.6. The van der Waals surface area contributed by atoms with Gasteiger partial charge < -0.3 is 9.84 Å². The molecule has 0 bridgehead atoms. The van der Waals surface area contributed by atoms with Gasteiger partial charge in [-0.1, -0.05) is 72.3 Å². The number of carbonyl (C=O) groups is 1. The van der Waals surface area contributed by atoms with E-state index in [9.17, 15) is 13.2 Å². The summed E-state index contributed by atoms with van der Waals surface area (Å²) in [6.07, 6.45) is 1.19. The van der Waals surface area contributed by atoms with E-state index >= 15 is 0 Å². The molecule has 1 N–H and O–H groups in total. The molecule has 0 radical (unpaired) electrons. The first-order valence-corrected chi connectivity index (χ1v) is 13.6. The Bertz CT molecular complexity index is 1520. The van der Waals surface area contributed by atoms with Crippen LogP contribution in [0.15, 0.2) is 77.1 Å². The number of aliphatic carboxylic acids is 1. The van der Waals surface area contributed by atoms with Crippen LogP contribution in [0.25, 0.3) is 11.3 Å². The number of aromatic nitrogens is 1. The summed E-state index contributed by atoms with van der Waals surface area (Å²) in [5.74, 6) is -0.584. The first-order chi connectivity index (χ1) is 16.9. The molecule has 0 aliphatic heterocycles. The Hall–Kier alpha value is -3.20. The van der Waals surface area contributed by atoms with Crippen molar-refractivity contribution in [2.75, 3.05) is 6.61 Å². The molecule has 0 amide bonds. The molecular weight excluding hydrogens is 506 g/mol. The van der Waals surface area contributed by atoms with Gasteiger partial charge in [-0.15, -0.1) is 11.3 Å². The minimum Gasteiger partial charge on any atom is -0.482 e. The molecule has 178 valence electrons. The van der Waals surface area contributed by atoms with Crippen LogP contribution in [0.4, 0.5) is 0 Å². The van der Waals surface area contributed by atoms with Crippen LogP contribution in [0, 0.1) is 0 Å². The molecule has 1 aromatic heterocycles.